The van der Waals surface area contributed by atoms with Gasteiger partial charge in [-0.15, -0.1) is 0 Å². The topological polar surface area (TPSA) is 82.0 Å². The monoisotopic (exact) mass is 321 g/mol. The number of benzene rings is 2. The number of rotatable bonds is 7. The summed E-state index contributed by atoms with van der Waals surface area (Å²) in [5, 5.41) is 14.1. The molecule has 122 valence electrons. The third-order valence-electron chi connectivity index (χ3n) is 3.56. The van der Waals surface area contributed by atoms with Gasteiger partial charge in [0.25, 0.3) is 5.91 Å². The molecule has 24 heavy (non-hydrogen) atoms. The molecule has 0 radical (unpaired) electrons. The van der Waals surface area contributed by atoms with Crippen LogP contribution in [0.3, 0.4) is 0 Å². The average molecular weight is 321 g/mol. The Bertz CT molecular complexity index is 708. The molecule has 2 aromatic rings. The van der Waals surface area contributed by atoms with Crippen molar-refractivity contribution in [1.29, 1.82) is 5.26 Å². The minimum absolute atomic E-state index is 0.191. The molecule has 2 amide bonds. The summed E-state index contributed by atoms with van der Waals surface area (Å²) < 4.78 is 0. The molecule has 0 aliphatic rings. The first-order chi connectivity index (χ1) is 11.7. The van der Waals surface area contributed by atoms with Crippen LogP contribution in [-0.4, -0.2) is 24.9 Å². The molecule has 2 rings (SSSR count). The van der Waals surface area contributed by atoms with Crippen LogP contribution in [0.1, 0.15) is 28.3 Å². The minimum atomic E-state index is -0.502. The normalized spacial score (nSPS) is 11.1. The fraction of sp³-hybridized carbons (Fsp3) is 0.211. The van der Waals surface area contributed by atoms with Crippen molar-refractivity contribution < 1.29 is 9.59 Å². The molecule has 5 heteroatoms. The Morgan fingerprint density at radius 2 is 1.58 bits per heavy atom. The molecule has 2 aromatic carbocycles. The van der Waals surface area contributed by atoms with Crippen LogP contribution in [0.2, 0.25) is 0 Å². The van der Waals surface area contributed by atoms with E-state index in [4.69, 9.17) is 5.26 Å². The second-order valence-electron chi connectivity index (χ2n) is 5.24. The smallest absolute Gasteiger partial charge is 0.251 e. The lowest BCUT2D eigenvalue weighted by atomic mass is 9.98. The van der Waals surface area contributed by atoms with Crippen molar-refractivity contribution >= 4 is 11.8 Å². The Labute approximate surface area is 141 Å². The lowest BCUT2D eigenvalue weighted by Gasteiger charge is -2.17. The maximum Gasteiger partial charge on any atom is 0.251 e. The number of nitrogens with zero attached hydrogens (tertiary/aromatic N) is 1. The van der Waals surface area contributed by atoms with Crippen molar-refractivity contribution in [3.8, 4) is 6.07 Å². The van der Waals surface area contributed by atoms with E-state index < -0.39 is 5.92 Å². The van der Waals surface area contributed by atoms with Gasteiger partial charge in [-0.2, -0.15) is 5.26 Å². The van der Waals surface area contributed by atoms with Gasteiger partial charge in [0, 0.05) is 18.7 Å². The lowest BCUT2D eigenvalue weighted by Crippen LogP contribution is -2.37. The molecule has 0 heterocycles. The highest BCUT2D eigenvalue weighted by atomic mass is 16.2. The van der Waals surface area contributed by atoms with Gasteiger partial charge in [0.2, 0.25) is 5.91 Å². The second kappa shape index (κ2) is 9.11. The van der Waals surface area contributed by atoms with Crippen LogP contribution in [0.25, 0.3) is 0 Å². The molecule has 1 atom stereocenters. The standard InChI is InChI=1S/C19H19N3O2/c20-12-7-13-21-19(24)17(15-8-3-1-4-9-15)14-22-18(23)16-10-5-2-6-11-16/h1-6,8-11,17H,7,13-14H2,(H,21,24)(H,22,23). The van der Waals surface area contributed by atoms with Gasteiger partial charge in [-0.3, -0.25) is 9.59 Å². The molecule has 0 aliphatic carbocycles. The van der Waals surface area contributed by atoms with Crippen molar-refractivity contribution in [2.24, 2.45) is 0 Å². The maximum atomic E-state index is 12.4. The van der Waals surface area contributed by atoms with E-state index in [2.05, 4.69) is 10.6 Å². The number of carbonyl (C=O) groups is 2. The Kier molecular flexibility index (Phi) is 6.54. The third-order valence-corrected chi connectivity index (χ3v) is 3.56. The van der Waals surface area contributed by atoms with Gasteiger partial charge in [0.1, 0.15) is 0 Å². The molecule has 2 N–H and O–H groups in total. The van der Waals surface area contributed by atoms with Crippen LogP contribution in [0.15, 0.2) is 60.7 Å². The summed E-state index contributed by atoms with van der Waals surface area (Å²) in [6, 6.07) is 20.1. The number of nitriles is 1. The Hall–Kier alpha value is -3.13. The molecule has 0 fully saturated rings. The highest BCUT2D eigenvalue weighted by Gasteiger charge is 2.21. The third kappa shape index (κ3) is 4.96. The van der Waals surface area contributed by atoms with E-state index >= 15 is 0 Å². The molecule has 5 nitrogen and oxygen atoms in total. The number of hydrogen-bond acceptors (Lipinski definition) is 3. The summed E-state index contributed by atoms with van der Waals surface area (Å²) in [5.74, 6) is -0.927. The summed E-state index contributed by atoms with van der Waals surface area (Å²) >= 11 is 0. The number of nitrogens with one attached hydrogen (secondary N) is 2. The predicted octanol–water partition coefficient (Wildman–Crippen LogP) is 2.23. The molecular weight excluding hydrogens is 302 g/mol. The molecule has 0 aliphatic heterocycles. The first kappa shape index (κ1) is 17.2. The molecule has 0 saturated carbocycles. The van der Waals surface area contributed by atoms with Crippen LogP contribution in [-0.2, 0) is 4.79 Å². The van der Waals surface area contributed by atoms with Crippen molar-refractivity contribution in [3.63, 3.8) is 0 Å². The Balaban J connectivity index is 2.05. The number of carbonyl (C=O) groups excluding carboxylic acids is 2. The molecule has 0 bridgehead atoms. The summed E-state index contributed by atoms with van der Waals surface area (Å²) in [5.41, 5.74) is 1.37. The zero-order valence-corrected chi connectivity index (χ0v) is 13.2. The number of amides is 2. The molecular formula is C19H19N3O2. The lowest BCUT2D eigenvalue weighted by molar-refractivity contribution is -0.122. The second-order valence-corrected chi connectivity index (χ2v) is 5.24. The van der Waals surface area contributed by atoms with Gasteiger partial charge in [-0.05, 0) is 17.7 Å². The minimum Gasteiger partial charge on any atom is -0.354 e. The molecule has 0 saturated heterocycles. The van der Waals surface area contributed by atoms with E-state index in [1.807, 2.05) is 42.5 Å². The first-order valence-electron chi connectivity index (χ1n) is 7.75. The van der Waals surface area contributed by atoms with Gasteiger partial charge in [0.15, 0.2) is 0 Å². The summed E-state index contributed by atoms with van der Waals surface area (Å²) in [4.78, 5) is 24.6. The van der Waals surface area contributed by atoms with Crippen molar-refractivity contribution in [1.82, 2.24) is 10.6 Å². The van der Waals surface area contributed by atoms with Gasteiger partial charge in [-0.25, -0.2) is 0 Å². The molecule has 1 unspecified atom stereocenters. The largest absolute Gasteiger partial charge is 0.354 e. The zero-order valence-electron chi connectivity index (χ0n) is 13.2. The fourth-order valence-corrected chi connectivity index (χ4v) is 2.30. The quantitative estimate of drug-likeness (QED) is 0.767. The van der Waals surface area contributed by atoms with Gasteiger partial charge < -0.3 is 10.6 Å². The average Bonchev–Trinajstić information content (AvgIpc) is 2.63. The first-order valence-corrected chi connectivity index (χ1v) is 7.75. The van der Waals surface area contributed by atoms with E-state index in [1.165, 1.54) is 0 Å². The number of hydrogen-bond donors (Lipinski definition) is 2. The Morgan fingerprint density at radius 1 is 0.958 bits per heavy atom. The van der Waals surface area contributed by atoms with Gasteiger partial charge >= 0.3 is 0 Å². The van der Waals surface area contributed by atoms with Crippen molar-refractivity contribution in [2.45, 2.75) is 12.3 Å². The fourth-order valence-electron chi connectivity index (χ4n) is 2.30. The van der Waals surface area contributed by atoms with E-state index in [0.29, 0.717) is 12.1 Å². The van der Waals surface area contributed by atoms with Crippen molar-refractivity contribution in [3.05, 3.63) is 71.8 Å². The highest BCUT2D eigenvalue weighted by molar-refractivity contribution is 5.94. The summed E-state index contributed by atoms with van der Waals surface area (Å²) in [6.45, 7) is 0.488. The van der Waals surface area contributed by atoms with E-state index in [1.54, 1.807) is 24.3 Å². The van der Waals surface area contributed by atoms with Crippen LogP contribution in [0, 0.1) is 11.3 Å². The van der Waals surface area contributed by atoms with Crippen LogP contribution in [0.5, 0.6) is 0 Å². The van der Waals surface area contributed by atoms with E-state index in [0.717, 1.165) is 5.56 Å². The zero-order chi connectivity index (χ0) is 17.2. The van der Waals surface area contributed by atoms with Crippen LogP contribution >= 0.6 is 0 Å². The summed E-state index contributed by atoms with van der Waals surface area (Å²) in [7, 11) is 0. The predicted molar refractivity (Wildman–Crippen MR) is 91.2 cm³/mol. The highest BCUT2D eigenvalue weighted by Crippen LogP contribution is 2.15. The van der Waals surface area contributed by atoms with Crippen LogP contribution < -0.4 is 10.6 Å². The summed E-state index contributed by atoms with van der Waals surface area (Å²) in [6.07, 6.45) is 0.254. The molecule has 0 spiro atoms. The van der Waals surface area contributed by atoms with Gasteiger partial charge in [-0.1, -0.05) is 48.5 Å². The molecule has 0 aromatic heterocycles. The Morgan fingerprint density at radius 3 is 2.21 bits per heavy atom. The SMILES string of the molecule is N#CCCNC(=O)C(CNC(=O)c1ccccc1)c1ccccc1. The van der Waals surface area contributed by atoms with E-state index in [9.17, 15) is 9.59 Å². The van der Waals surface area contributed by atoms with Crippen LogP contribution in [0.4, 0.5) is 0 Å². The van der Waals surface area contributed by atoms with Crippen molar-refractivity contribution in [2.75, 3.05) is 13.1 Å². The maximum absolute atomic E-state index is 12.4. The van der Waals surface area contributed by atoms with E-state index in [-0.39, 0.29) is 24.8 Å². The van der Waals surface area contributed by atoms with Gasteiger partial charge in [0.05, 0.1) is 18.4 Å².